The smallest absolute Gasteiger partial charge is 0.319 e. The first-order chi connectivity index (χ1) is 27.1. The van der Waals surface area contributed by atoms with Crippen molar-refractivity contribution in [3.05, 3.63) is 41.5 Å². The Hall–Kier alpha value is -4.87. The Labute approximate surface area is 323 Å². The lowest BCUT2D eigenvalue weighted by Gasteiger charge is -2.35. The Morgan fingerprint density at radius 2 is 1.88 bits per heavy atom. The fourth-order valence-electron chi connectivity index (χ4n) is 9.44. The van der Waals surface area contributed by atoms with E-state index in [0.29, 0.717) is 63.3 Å². The molecule has 0 spiro atoms. The molecular weight excluding hydrogens is 724 g/mol. The van der Waals surface area contributed by atoms with Gasteiger partial charge in [-0.05, 0) is 68.5 Å². The second kappa shape index (κ2) is 14.6. The molecule has 14 heteroatoms. The Balaban J connectivity index is 1.12. The number of carbonyl (C=O) groups is 1. The van der Waals surface area contributed by atoms with Crippen LogP contribution in [0, 0.1) is 35.3 Å². The van der Waals surface area contributed by atoms with Gasteiger partial charge in [0.1, 0.15) is 40.2 Å². The Kier molecular flexibility index (Phi) is 9.56. The van der Waals surface area contributed by atoms with E-state index in [2.05, 4.69) is 31.4 Å². The molecule has 2 aromatic heterocycles. The van der Waals surface area contributed by atoms with Crippen molar-refractivity contribution in [1.82, 2.24) is 30.5 Å². The number of aromatic nitrogens is 3. The number of likely N-dealkylation sites (tertiary alicyclic amines) is 1. The number of anilines is 1. The minimum absolute atomic E-state index is 0.0180. The van der Waals surface area contributed by atoms with Crippen LogP contribution in [0.4, 0.5) is 19.0 Å². The molecule has 2 bridgehead atoms. The summed E-state index contributed by atoms with van der Waals surface area (Å²) in [6.07, 6.45) is 12.8. The molecule has 5 fully saturated rings. The van der Waals surface area contributed by atoms with E-state index < -0.39 is 17.8 Å². The number of amides is 1. The molecule has 0 radical (unpaired) electrons. The van der Waals surface area contributed by atoms with Crippen molar-refractivity contribution in [1.29, 1.82) is 0 Å². The Morgan fingerprint density at radius 3 is 2.61 bits per heavy atom. The van der Waals surface area contributed by atoms with Crippen molar-refractivity contribution >= 4 is 33.4 Å². The molecule has 9 rings (SSSR count). The van der Waals surface area contributed by atoms with E-state index in [-0.39, 0.29) is 86.1 Å². The van der Waals surface area contributed by atoms with Gasteiger partial charge in [-0.25, -0.2) is 18.2 Å². The van der Waals surface area contributed by atoms with E-state index in [1.54, 1.807) is 0 Å². The second-order valence-corrected chi connectivity index (χ2v) is 16.4. The number of fused-ring (bicyclic) bond motifs is 4. The highest BCUT2D eigenvalue weighted by atomic mass is 19.1. The van der Waals surface area contributed by atoms with Crippen molar-refractivity contribution in [3.63, 3.8) is 0 Å². The fourth-order valence-corrected chi connectivity index (χ4v) is 9.44. The average Bonchev–Trinajstić information content (AvgIpc) is 3.62. The summed E-state index contributed by atoms with van der Waals surface area (Å²) in [5.41, 5.74) is -0.548. The van der Waals surface area contributed by atoms with Crippen LogP contribution in [0.15, 0.2) is 24.3 Å². The van der Waals surface area contributed by atoms with E-state index in [1.807, 2.05) is 4.90 Å². The van der Waals surface area contributed by atoms with Gasteiger partial charge < -0.3 is 35.0 Å². The summed E-state index contributed by atoms with van der Waals surface area (Å²) >= 11 is 0. The zero-order valence-electron chi connectivity index (χ0n) is 31.4. The molecule has 56 heavy (non-hydrogen) atoms. The normalized spacial score (nSPS) is 23.8. The summed E-state index contributed by atoms with van der Waals surface area (Å²) in [5, 5.41) is 18.4. The molecule has 11 nitrogen and oxygen atoms in total. The molecule has 1 amide bonds. The number of phenols is 1. The molecule has 3 aliphatic heterocycles. The quantitative estimate of drug-likeness (QED) is 0.175. The molecule has 3 unspecified atom stereocenters. The highest BCUT2D eigenvalue weighted by Gasteiger charge is 2.47. The van der Waals surface area contributed by atoms with Gasteiger partial charge in [0.25, 0.3) is 0 Å². The van der Waals surface area contributed by atoms with Crippen molar-refractivity contribution in [2.45, 2.75) is 82.1 Å². The molecule has 3 saturated heterocycles. The molecule has 2 saturated carbocycles. The highest BCUT2D eigenvalue weighted by Crippen LogP contribution is 2.48. The topological polar surface area (TPSA) is 125 Å². The number of nitrogens with one attached hydrogen (secondary N) is 2. The van der Waals surface area contributed by atoms with Crippen molar-refractivity contribution in [2.75, 3.05) is 51.3 Å². The molecular formula is C42H46F3N7O4. The number of methoxy groups -OCH3 is 1. The number of phenolic OH excluding ortho intramolecular Hbond substituents is 1. The summed E-state index contributed by atoms with van der Waals surface area (Å²) in [5.74, 6) is 0.859. The summed E-state index contributed by atoms with van der Waals surface area (Å²) in [6.45, 7) is 3.34. The number of halogens is 3. The Bertz CT molecular complexity index is 2230. The number of nitrogens with zero attached hydrogens (tertiary/aromatic N) is 5. The minimum atomic E-state index is -0.851. The van der Waals surface area contributed by atoms with E-state index in [4.69, 9.17) is 20.9 Å². The Morgan fingerprint density at radius 1 is 1.09 bits per heavy atom. The second-order valence-electron chi connectivity index (χ2n) is 16.4. The van der Waals surface area contributed by atoms with Gasteiger partial charge in [0.2, 0.25) is 11.8 Å². The molecule has 5 aliphatic rings. The predicted molar refractivity (Wildman–Crippen MR) is 206 cm³/mol. The predicted octanol–water partition coefficient (Wildman–Crippen LogP) is 5.64. The van der Waals surface area contributed by atoms with Gasteiger partial charge in [-0.3, -0.25) is 4.79 Å². The summed E-state index contributed by atoms with van der Waals surface area (Å²) in [4.78, 5) is 32.0. The maximum absolute atomic E-state index is 17.3. The molecule has 3 atom stereocenters. The van der Waals surface area contributed by atoms with Crippen LogP contribution in [0.25, 0.3) is 32.9 Å². The molecule has 294 valence electrons. The number of pyridine rings is 1. The van der Waals surface area contributed by atoms with Gasteiger partial charge in [-0.15, -0.1) is 6.42 Å². The zero-order valence-corrected chi connectivity index (χ0v) is 31.4. The van der Waals surface area contributed by atoms with E-state index in [0.717, 1.165) is 45.1 Å². The number of terminal acetylenes is 1. The van der Waals surface area contributed by atoms with Gasteiger partial charge in [-0.2, -0.15) is 9.97 Å². The van der Waals surface area contributed by atoms with Crippen molar-refractivity contribution < 1.29 is 32.5 Å². The molecule has 4 aromatic rings. The zero-order chi connectivity index (χ0) is 38.7. The standard InChI is InChI=1S/C42H46F3N7O4/c1-3-28-31(44)9-8-23-16-27(53)18-30(33(23)28)36-35(45)37-34(40(48-36)55-2)38(50-41(49-37)56-22-42(12-13-42)21-51-14-10-24(43)11-15-51)52-19-26-17-29(32(20-52)46-26)39(54)47-25-6-4-5-7-25/h1,8-9,16,18,24-26,29,32,46,53H,4-7,10-15,17,19-22H2,2H3,(H,47,54). The lowest BCUT2D eigenvalue weighted by atomic mass is 9.95. The van der Waals surface area contributed by atoms with Crippen LogP contribution in [-0.4, -0.2) is 102 Å². The number of carbonyl (C=O) groups excluding carboxylic acids is 1. The largest absolute Gasteiger partial charge is 0.508 e. The van der Waals surface area contributed by atoms with E-state index in [9.17, 15) is 14.3 Å². The lowest BCUT2D eigenvalue weighted by molar-refractivity contribution is -0.125. The van der Waals surface area contributed by atoms with Crippen LogP contribution in [0.5, 0.6) is 17.6 Å². The number of rotatable bonds is 10. The van der Waals surface area contributed by atoms with Crippen LogP contribution < -0.4 is 25.0 Å². The summed E-state index contributed by atoms with van der Waals surface area (Å²) in [7, 11) is 1.41. The fraction of sp³-hybridized carbons (Fsp3) is 0.524. The third-order valence-corrected chi connectivity index (χ3v) is 12.6. The van der Waals surface area contributed by atoms with Crippen LogP contribution in [0.2, 0.25) is 0 Å². The average molecular weight is 770 g/mol. The van der Waals surface area contributed by atoms with Crippen LogP contribution in [-0.2, 0) is 4.79 Å². The number of ether oxygens (including phenoxy) is 2. The monoisotopic (exact) mass is 769 g/mol. The van der Waals surface area contributed by atoms with Gasteiger partial charge in [0.05, 0.1) is 25.2 Å². The summed E-state index contributed by atoms with van der Waals surface area (Å²) in [6, 6.07) is 5.37. The number of piperidine rings is 1. The van der Waals surface area contributed by atoms with Gasteiger partial charge in [-0.1, -0.05) is 24.8 Å². The summed E-state index contributed by atoms with van der Waals surface area (Å²) < 4.78 is 58.5. The third kappa shape index (κ3) is 6.83. The van der Waals surface area contributed by atoms with Crippen LogP contribution in [0.3, 0.4) is 0 Å². The first kappa shape index (κ1) is 36.7. The number of hydrogen-bond acceptors (Lipinski definition) is 10. The lowest BCUT2D eigenvalue weighted by Crippen LogP contribution is -2.54. The maximum Gasteiger partial charge on any atom is 0.319 e. The third-order valence-electron chi connectivity index (χ3n) is 12.6. The SMILES string of the molecule is C#Cc1c(F)ccc2cc(O)cc(-c3nc(OC)c4c(N5CC6CC(C(=O)NC7CCCC7)C(C5)N6)nc(OCC5(CN6CCC(F)CC6)CC5)nc4c3F)c12. The van der Waals surface area contributed by atoms with Crippen molar-refractivity contribution in [3.8, 4) is 41.2 Å². The molecule has 5 heterocycles. The van der Waals surface area contributed by atoms with Crippen LogP contribution in [0.1, 0.15) is 63.4 Å². The van der Waals surface area contributed by atoms with Gasteiger partial charge >= 0.3 is 6.01 Å². The number of alkyl halides is 1. The maximum atomic E-state index is 17.3. The molecule has 2 aromatic carbocycles. The van der Waals surface area contributed by atoms with Crippen LogP contribution >= 0.6 is 0 Å². The molecule has 3 N–H and O–H groups in total. The van der Waals surface area contributed by atoms with E-state index >= 15 is 8.78 Å². The van der Waals surface area contributed by atoms with Gasteiger partial charge in [0, 0.05) is 67.2 Å². The van der Waals surface area contributed by atoms with Crippen molar-refractivity contribution in [2.24, 2.45) is 11.3 Å². The number of benzene rings is 2. The highest BCUT2D eigenvalue weighted by molar-refractivity contribution is 6.04. The first-order valence-electron chi connectivity index (χ1n) is 19.8. The number of hydrogen-bond donors (Lipinski definition) is 3. The molecule has 2 aliphatic carbocycles. The number of aromatic hydroxyl groups is 1. The minimum Gasteiger partial charge on any atom is -0.508 e. The van der Waals surface area contributed by atoms with E-state index in [1.165, 1.54) is 31.4 Å². The van der Waals surface area contributed by atoms with Gasteiger partial charge in [0.15, 0.2) is 5.82 Å². The number of piperazine rings is 1. The first-order valence-corrected chi connectivity index (χ1v) is 19.8.